The Morgan fingerprint density at radius 1 is 1.12 bits per heavy atom. The lowest BCUT2D eigenvalue weighted by Gasteiger charge is -2.21. The van der Waals surface area contributed by atoms with Crippen LogP contribution in [0.25, 0.3) is 10.8 Å². The fourth-order valence-corrected chi connectivity index (χ4v) is 6.71. The summed E-state index contributed by atoms with van der Waals surface area (Å²) in [6.07, 6.45) is 12.3. The van der Waals surface area contributed by atoms with Crippen LogP contribution >= 0.6 is 11.3 Å². The maximum atomic E-state index is 13.0. The summed E-state index contributed by atoms with van der Waals surface area (Å²) in [4.78, 5) is 4.77. The Kier molecular flexibility index (Phi) is 7.65. The molecule has 32 heavy (non-hydrogen) atoms. The number of nitrogens with zero attached hydrogens (tertiary/aromatic N) is 1. The van der Waals surface area contributed by atoms with E-state index in [-0.39, 0.29) is 4.21 Å². The lowest BCUT2D eigenvalue weighted by molar-refractivity contribution is 0.363. The van der Waals surface area contributed by atoms with Crippen LogP contribution < -0.4 is 10.0 Å². The number of sulfonamides is 1. The summed E-state index contributed by atoms with van der Waals surface area (Å²) >= 11 is 1.14. The van der Waals surface area contributed by atoms with E-state index >= 15 is 0 Å². The van der Waals surface area contributed by atoms with Crippen molar-refractivity contribution in [2.45, 2.75) is 68.7 Å². The average molecular weight is 474 g/mol. The third-order valence-corrected chi connectivity index (χ3v) is 8.98. The Hall–Kier alpha value is -2.16. The van der Waals surface area contributed by atoms with Crippen LogP contribution in [0.5, 0.6) is 0 Å². The molecule has 0 radical (unpaired) electrons. The molecule has 1 aliphatic rings. The smallest absolute Gasteiger partial charge is 0.271 e. The van der Waals surface area contributed by atoms with Gasteiger partial charge in [-0.1, -0.05) is 56.7 Å². The third kappa shape index (κ3) is 5.99. The van der Waals surface area contributed by atoms with E-state index in [4.69, 9.17) is 4.42 Å². The molecule has 6 nitrogen and oxygen atoms in total. The van der Waals surface area contributed by atoms with E-state index in [1.54, 1.807) is 18.3 Å². The summed E-state index contributed by atoms with van der Waals surface area (Å²) in [6, 6.07) is 11.3. The zero-order valence-corrected chi connectivity index (χ0v) is 20.1. The molecular formula is C24H31N3O3S2. The van der Waals surface area contributed by atoms with Gasteiger partial charge in [-0.05, 0) is 43.0 Å². The number of nitrogens with one attached hydrogen (secondary N) is 2. The fraction of sp³-hybridized carbons (Fsp3) is 0.458. The second-order valence-electron chi connectivity index (χ2n) is 8.59. The Morgan fingerprint density at radius 3 is 2.66 bits per heavy atom. The minimum absolute atomic E-state index is 0.232. The molecular weight excluding hydrogens is 442 g/mol. The van der Waals surface area contributed by atoms with Gasteiger partial charge in [0.2, 0.25) is 5.89 Å². The number of hydrogen-bond acceptors (Lipinski definition) is 6. The van der Waals surface area contributed by atoms with Gasteiger partial charge in [-0.2, -0.15) is 0 Å². The maximum absolute atomic E-state index is 13.0. The molecule has 1 aromatic carbocycles. The van der Waals surface area contributed by atoms with Gasteiger partial charge >= 0.3 is 0 Å². The predicted octanol–water partition coefficient (Wildman–Crippen LogP) is 6.04. The molecule has 2 heterocycles. The largest absolute Gasteiger partial charge is 0.444 e. The normalized spacial score (nSPS) is 16.5. The van der Waals surface area contributed by atoms with Crippen LogP contribution in [0.2, 0.25) is 0 Å². The second-order valence-corrected chi connectivity index (χ2v) is 11.6. The van der Waals surface area contributed by atoms with E-state index < -0.39 is 10.0 Å². The van der Waals surface area contributed by atoms with Crippen molar-refractivity contribution in [3.05, 3.63) is 54.4 Å². The van der Waals surface area contributed by atoms with Gasteiger partial charge in [0.1, 0.15) is 10.5 Å². The zero-order valence-electron chi connectivity index (χ0n) is 18.4. The van der Waals surface area contributed by atoms with E-state index in [1.165, 1.54) is 51.2 Å². The van der Waals surface area contributed by atoms with Crippen molar-refractivity contribution in [3.63, 3.8) is 0 Å². The highest BCUT2D eigenvalue weighted by molar-refractivity contribution is 7.94. The Bertz CT molecular complexity index is 1090. The van der Waals surface area contributed by atoms with Gasteiger partial charge in [-0.15, -0.1) is 11.3 Å². The summed E-state index contributed by atoms with van der Waals surface area (Å²) in [5, 5.41) is 3.60. The van der Waals surface area contributed by atoms with E-state index in [0.29, 0.717) is 29.0 Å². The first-order valence-corrected chi connectivity index (χ1v) is 13.6. The molecule has 4 rings (SSSR count). The SMILES string of the molecule is C[C@@H](CC1CCCCCC1)NCc1ccccc1NS(=O)(=O)c1ccc(-c2ncco2)s1. The molecule has 0 bridgehead atoms. The van der Waals surface area contributed by atoms with Crippen molar-refractivity contribution in [1.82, 2.24) is 10.3 Å². The highest BCUT2D eigenvalue weighted by Crippen LogP contribution is 2.31. The summed E-state index contributed by atoms with van der Waals surface area (Å²) < 4.78 is 34.3. The van der Waals surface area contributed by atoms with Crippen molar-refractivity contribution in [2.75, 3.05) is 4.72 Å². The van der Waals surface area contributed by atoms with Gasteiger partial charge in [-0.25, -0.2) is 13.4 Å². The number of benzene rings is 1. The first-order chi connectivity index (χ1) is 15.5. The molecule has 2 N–H and O–H groups in total. The number of para-hydroxylation sites is 1. The molecule has 0 saturated heterocycles. The second kappa shape index (κ2) is 10.6. The Morgan fingerprint density at radius 2 is 1.91 bits per heavy atom. The van der Waals surface area contributed by atoms with Crippen molar-refractivity contribution >= 4 is 27.0 Å². The van der Waals surface area contributed by atoms with E-state index in [2.05, 4.69) is 21.9 Å². The average Bonchev–Trinajstić information content (AvgIpc) is 3.42. The zero-order chi connectivity index (χ0) is 22.4. The summed E-state index contributed by atoms with van der Waals surface area (Å²) in [5.41, 5.74) is 1.54. The van der Waals surface area contributed by atoms with Crippen LogP contribution in [-0.4, -0.2) is 19.4 Å². The molecule has 1 aliphatic carbocycles. The van der Waals surface area contributed by atoms with E-state index in [1.807, 2.05) is 24.3 Å². The van der Waals surface area contributed by atoms with Crippen LogP contribution in [-0.2, 0) is 16.6 Å². The standard InChI is InChI=1S/C24H31N3O3S2/c1-18(16-19-8-4-2-3-5-9-19)26-17-20-10-6-7-11-21(20)27-32(28,29)23-13-12-22(31-23)24-25-14-15-30-24/h6-7,10-15,18-19,26-27H,2-5,8-9,16-17H2,1H3/t18-/m0/s1. The number of rotatable bonds is 9. The minimum atomic E-state index is -3.70. The predicted molar refractivity (Wildman–Crippen MR) is 129 cm³/mol. The lowest BCUT2D eigenvalue weighted by Crippen LogP contribution is -2.28. The van der Waals surface area contributed by atoms with Gasteiger partial charge in [0.15, 0.2) is 0 Å². The summed E-state index contributed by atoms with van der Waals surface area (Å²) in [5.74, 6) is 1.22. The van der Waals surface area contributed by atoms with Crippen LogP contribution in [0.4, 0.5) is 5.69 Å². The first kappa shape index (κ1) is 23.0. The molecule has 0 unspecified atom stereocenters. The topological polar surface area (TPSA) is 84.2 Å². The van der Waals surface area contributed by atoms with Crippen LogP contribution in [0.1, 0.15) is 57.4 Å². The van der Waals surface area contributed by atoms with Gasteiger partial charge in [0, 0.05) is 12.6 Å². The molecule has 1 atom stereocenters. The third-order valence-electron chi connectivity index (χ3n) is 6.05. The van der Waals surface area contributed by atoms with Gasteiger partial charge < -0.3 is 9.73 Å². The molecule has 172 valence electrons. The number of aromatic nitrogens is 1. The number of hydrogen-bond donors (Lipinski definition) is 2. The van der Waals surface area contributed by atoms with Crippen molar-refractivity contribution in [1.29, 1.82) is 0 Å². The van der Waals surface area contributed by atoms with Crippen LogP contribution in [0.15, 0.2) is 57.5 Å². The molecule has 0 amide bonds. The van der Waals surface area contributed by atoms with E-state index in [0.717, 1.165) is 22.8 Å². The summed E-state index contributed by atoms with van der Waals surface area (Å²) in [7, 11) is -3.70. The number of oxazole rings is 1. The van der Waals surface area contributed by atoms with Crippen molar-refractivity contribution in [3.8, 4) is 10.8 Å². The Labute approximate surface area is 194 Å². The molecule has 0 spiro atoms. The van der Waals surface area contributed by atoms with Gasteiger partial charge in [0.25, 0.3) is 10.0 Å². The summed E-state index contributed by atoms with van der Waals surface area (Å²) in [6.45, 7) is 2.85. The number of anilines is 1. The van der Waals surface area contributed by atoms with Crippen molar-refractivity contribution in [2.24, 2.45) is 5.92 Å². The monoisotopic (exact) mass is 473 g/mol. The lowest BCUT2D eigenvalue weighted by atomic mass is 9.93. The quantitative estimate of drug-likeness (QED) is 0.370. The molecule has 1 fully saturated rings. The highest BCUT2D eigenvalue weighted by Gasteiger charge is 2.20. The first-order valence-electron chi connectivity index (χ1n) is 11.3. The molecule has 3 aromatic rings. The molecule has 1 saturated carbocycles. The van der Waals surface area contributed by atoms with Gasteiger partial charge in [0.05, 0.1) is 16.8 Å². The van der Waals surface area contributed by atoms with Crippen molar-refractivity contribution < 1.29 is 12.8 Å². The molecule has 8 heteroatoms. The minimum Gasteiger partial charge on any atom is -0.444 e. The van der Waals surface area contributed by atoms with E-state index in [9.17, 15) is 8.42 Å². The van der Waals surface area contributed by atoms with Gasteiger partial charge in [-0.3, -0.25) is 4.72 Å². The number of thiophene rings is 1. The van der Waals surface area contributed by atoms with Crippen LogP contribution in [0, 0.1) is 5.92 Å². The highest BCUT2D eigenvalue weighted by atomic mass is 32.2. The molecule has 2 aromatic heterocycles. The van der Waals surface area contributed by atoms with Crippen LogP contribution in [0.3, 0.4) is 0 Å². The molecule has 0 aliphatic heterocycles. The fourth-order valence-electron chi connectivity index (χ4n) is 4.36. The Balaban J connectivity index is 1.39. The maximum Gasteiger partial charge on any atom is 0.271 e.